The Kier molecular flexibility index (Phi) is 8.29. The number of hydrogen-bond donors (Lipinski definition) is 1. The summed E-state index contributed by atoms with van der Waals surface area (Å²) in [6.07, 6.45) is 1.23. The van der Waals surface area contributed by atoms with Crippen LogP contribution in [0.4, 0.5) is 0 Å². The van der Waals surface area contributed by atoms with Crippen molar-refractivity contribution in [1.29, 1.82) is 0 Å². The van der Waals surface area contributed by atoms with Crippen LogP contribution in [-0.2, 0) is 21.2 Å². The van der Waals surface area contributed by atoms with Gasteiger partial charge in [0, 0.05) is 18.5 Å². The molecule has 19 heavy (non-hydrogen) atoms. The lowest BCUT2D eigenvalue weighted by Crippen LogP contribution is -2.28. The first kappa shape index (κ1) is 16.6. The standard InChI is InChI=1S/C13H20BrNO3S/c14-8-11-18-10-4-9-15-19(16,17)12-7-13-5-2-1-3-6-13/h1-3,5-6,15H,4,7-12H2. The van der Waals surface area contributed by atoms with E-state index in [1.807, 2.05) is 30.3 Å². The summed E-state index contributed by atoms with van der Waals surface area (Å²) in [5.41, 5.74) is 1.04. The molecule has 0 aliphatic heterocycles. The van der Waals surface area contributed by atoms with E-state index in [4.69, 9.17) is 4.74 Å². The molecule has 0 fully saturated rings. The van der Waals surface area contributed by atoms with Crippen LogP contribution in [0.2, 0.25) is 0 Å². The van der Waals surface area contributed by atoms with Crippen molar-refractivity contribution in [1.82, 2.24) is 4.72 Å². The molecular formula is C13H20BrNO3S. The maximum absolute atomic E-state index is 11.7. The molecule has 0 amide bonds. The van der Waals surface area contributed by atoms with Crippen LogP contribution in [0.3, 0.4) is 0 Å². The molecule has 0 saturated carbocycles. The quantitative estimate of drug-likeness (QED) is 0.518. The van der Waals surface area contributed by atoms with Crippen LogP contribution in [-0.4, -0.2) is 39.3 Å². The molecule has 1 rings (SSSR count). The van der Waals surface area contributed by atoms with Crippen molar-refractivity contribution in [2.24, 2.45) is 0 Å². The van der Waals surface area contributed by atoms with E-state index < -0.39 is 10.0 Å². The topological polar surface area (TPSA) is 55.4 Å². The minimum Gasteiger partial charge on any atom is -0.381 e. The molecule has 1 aromatic carbocycles. The number of hydrogen-bond acceptors (Lipinski definition) is 3. The molecule has 4 nitrogen and oxygen atoms in total. The van der Waals surface area contributed by atoms with Gasteiger partial charge in [0.2, 0.25) is 10.0 Å². The molecule has 0 heterocycles. The van der Waals surface area contributed by atoms with E-state index in [1.54, 1.807) is 0 Å². The molecule has 1 aromatic rings. The molecule has 6 heteroatoms. The summed E-state index contributed by atoms with van der Waals surface area (Å²) >= 11 is 3.26. The lowest BCUT2D eigenvalue weighted by molar-refractivity contribution is 0.149. The minimum atomic E-state index is -3.19. The van der Waals surface area contributed by atoms with E-state index in [9.17, 15) is 8.42 Å². The average Bonchev–Trinajstić information content (AvgIpc) is 2.42. The number of alkyl halides is 1. The first-order chi connectivity index (χ1) is 9.14. The number of nitrogens with one attached hydrogen (secondary N) is 1. The Morgan fingerprint density at radius 3 is 2.58 bits per heavy atom. The zero-order valence-corrected chi connectivity index (χ0v) is 13.2. The lowest BCUT2D eigenvalue weighted by Gasteiger charge is -2.07. The Labute approximate surface area is 123 Å². The first-order valence-electron chi connectivity index (χ1n) is 6.29. The maximum Gasteiger partial charge on any atom is 0.211 e. The van der Waals surface area contributed by atoms with Crippen LogP contribution in [0.25, 0.3) is 0 Å². The Bertz CT molecular complexity index is 436. The highest BCUT2D eigenvalue weighted by Crippen LogP contribution is 2.01. The van der Waals surface area contributed by atoms with Crippen LogP contribution in [0.1, 0.15) is 12.0 Å². The van der Waals surface area contributed by atoms with E-state index in [1.165, 1.54) is 0 Å². The largest absolute Gasteiger partial charge is 0.381 e. The smallest absolute Gasteiger partial charge is 0.211 e. The maximum atomic E-state index is 11.7. The third kappa shape index (κ3) is 8.36. The fraction of sp³-hybridized carbons (Fsp3) is 0.538. The summed E-state index contributed by atoms with van der Waals surface area (Å²) < 4.78 is 31.3. The van der Waals surface area contributed by atoms with Gasteiger partial charge in [-0.05, 0) is 18.4 Å². The van der Waals surface area contributed by atoms with E-state index >= 15 is 0 Å². The van der Waals surface area contributed by atoms with Crippen LogP contribution in [0.5, 0.6) is 0 Å². The molecular weight excluding hydrogens is 330 g/mol. The molecule has 0 unspecified atom stereocenters. The molecule has 0 radical (unpaired) electrons. The van der Waals surface area contributed by atoms with Gasteiger partial charge in [-0.1, -0.05) is 46.3 Å². The Morgan fingerprint density at radius 1 is 1.16 bits per heavy atom. The summed E-state index contributed by atoms with van der Waals surface area (Å²) in [5.74, 6) is 0.124. The Hall–Kier alpha value is -0.430. The van der Waals surface area contributed by atoms with Crippen molar-refractivity contribution in [3.63, 3.8) is 0 Å². The molecule has 1 N–H and O–H groups in total. The summed E-state index contributed by atoms with van der Waals surface area (Å²) in [5, 5.41) is 0.801. The monoisotopic (exact) mass is 349 g/mol. The highest BCUT2D eigenvalue weighted by molar-refractivity contribution is 9.09. The highest BCUT2D eigenvalue weighted by atomic mass is 79.9. The molecule has 0 saturated heterocycles. The highest BCUT2D eigenvalue weighted by Gasteiger charge is 2.09. The predicted octanol–water partition coefficient (Wildman–Crippen LogP) is 1.95. The van der Waals surface area contributed by atoms with Crippen LogP contribution >= 0.6 is 15.9 Å². The van der Waals surface area contributed by atoms with Gasteiger partial charge < -0.3 is 4.74 Å². The number of aryl methyl sites for hydroxylation is 1. The fourth-order valence-electron chi connectivity index (χ4n) is 1.53. The van der Waals surface area contributed by atoms with Gasteiger partial charge in [0.15, 0.2) is 0 Å². The third-order valence-electron chi connectivity index (χ3n) is 2.51. The van der Waals surface area contributed by atoms with E-state index in [2.05, 4.69) is 20.7 Å². The zero-order valence-electron chi connectivity index (χ0n) is 10.8. The van der Waals surface area contributed by atoms with Crippen molar-refractivity contribution in [2.75, 3.05) is 30.8 Å². The molecule has 108 valence electrons. The van der Waals surface area contributed by atoms with Crippen LogP contribution in [0, 0.1) is 0 Å². The van der Waals surface area contributed by atoms with E-state index in [-0.39, 0.29) is 5.75 Å². The summed E-state index contributed by atoms with van der Waals surface area (Å²) in [6, 6.07) is 9.61. The van der Waals surface area contributed by atoms with Gasteiger partial charge in [0.05, 0.1) is 12.4 Å². The third-order valence-corrected chi connectivity index (χ3v) is 4.22. The van der Waals surface area contributed by atoms with Crippen molar-refractivity contribution in [2.45, 2.75) is 12.8 Å². The number of ether oxygens (including phenoxy) is 1. The zero-order chi connectivity index (χ0) is 14.0. The van der Waals surface area contributed by atoms with Gasteiger partial charge in [-0.2, -0.15) is 0 Å². The summed E-state index contributed by atoms with van der Waals surface area (Å²) in [7, 11) is -3.19. The van der Waals surface area contributed by atoms with Gasteiger partial charge in [-0.3, -0.25) is 0 Å². The second kappa shape index (κ2) is 9.47. The van der Waals surface area contributed by atoms with E-state index in [0.29, 0.717) is 32.6 Å². The fourth-order valence-corrected chi connectivity index (χ4v) is 2.86. The van der Waals surface area contributed by atoms with E-state index in [0.717, 1.165) is 10.9 Å². The minimum absolute atomic E-state index is 0.124. The van der Waals surface area contributed by atoms with Crippen molar-refractivity contribution < 1.29 is 13.2 Å². The van der Waals surface area contributed by atoms with Gasteiger partial charge in [-0.15, -0.1) is 0 Å². The van der Waals surface area contributed by atoms with Crippen molar-refractivity contribution >= 4 is 26.0 Å². The number of rotatable bonds is 10. The molecule has 0 spiro atoms. The van der Waals surface area contributed by atoms with Crippen LogP contribution in [0.15, 0.2) is 30.3 Å². The normalized spacial score (nSPS) is 11.6. The molecule has 0 bridgehead atoms. The number of sulfonamides is 1. The molecule has 0 aromatic heterocycles. The van der Waals surface area contributed by atoms with Crippen molar-refractivity contribution in [3.8, 4) is 0 Å². The SMILES string of the molecule is O=S(=O)(CCc1ccccc1)NCCCOCCBr. The van der Waals surface area contributed by atoms with Gasteiger partial charge in [0.25, 0.3) is 0 Å². The van der Waals surface area contributed by atoms with Gasteiger partial charge in [0.1, 0.15) is 0 Å². The summed E-state index contributed by atoms with van der Waals surface area (Å²) in [4.78, 5) is 0. The van der Waals surface area contributed by atoms with Gasteiger partial charge >= 0.3 is 0 Å². The Morgan fingerprint density at radius 2 is 1.89 bits per heavy atom. The lowest BCUT2D eigenvalue weighted by atomic mass is 10.2. The second-order valence-electron chi connectivity index (χ2n) is 4.10. The first-order valence-corrected chi connectivity index (χ1v) is 9.06. The average molecular weight is 350 g/mol. The second-order valence-corrected chi connectivity index (χ2v) is 6.82. The summed E-state index contributed by atoms with van der Waals surface area (Å²) in [6.45, 7) is 1.66. The van der Waals surface area contributed by atoms with Crippen LogP contribution < -0.4 is 4.72 Å². The number of halogens is 1. The molecule has 0 atom stereocenters. The Balaban J connectivity index is 2.17. The van der Waals surface area contributed by atoms with Crippen molar-refractivity contribution in [3.05, 3.63) is 35.9 Å². The van der Waals surface area contributed by atoms with Gasteiger partial charge in [-0.25, -0.2) is 13.1 Å². The predicted molar refractivity (Wildman–Crippen MR) is 81.2 cm³/mol. The molecule has 0 aliphatic carbocycles. The number of benzene rings is 1. The molecule has 0 aliphatic rings.